The maximum absolute atomic E-state index is 12.1. The molecule has 2 aromatic heterocycles. The molecular formula is C19H20N2O3. The highest BCUT2D eigenvalue weighted by atomic mass is 16.3. The van der Waals surface area contributed by atoms with Gasteiger partial charge >= 0.3 is 0 Å². The molecule has 5 nitrogen and oxygen atoms in total. The Labute approximate surface area is 139 Å². The van der Waals surface area contributed by atoms with Crippen LogP contribution in [0.2, 0.25) is 0 Å². The molecule has 0 atom stereocenters. The minimum atomic E-state index is -0.0991. The maximum Gasteiger partial charge on any atom is 0.251 e. The van der Waals surface area contributed by atoms with Crippen LogP contribution < -0.4 is 10.9 Å². The van der Waals surface area contributed by atoms with Gasteiger partial charge in [0.15, 0.2) is 0 Å². The molecule has 3 aromatic rings. The van der Waals surface area contributed by atoms with Crippen LogP contribution in [0.25, 0.3) is 10.9 Å². The summed E-state index contributed by atoms with van der Waals surface area (Å²) in [6.45, 7) is 2.43. The van der Waals surface area contributed by atoms with E-state index in [1.165, 1.54) is 0 Å². The number of aromatic nitrogens is 1. The van der Waals surface area contributed by atoms with Crippen LogP contribution in [0.1, 0.15) is 23.3 Å². The van der Waals surface area contributed by atoms with Crippen LogP contribution in [0.4, 0.5) is 0 Å². The Morgan fingerprint density at radius 1 is 1.21 bits per heavy atom. The second-order valence-corrected chi connectivity index (χ2v) is 5.89. The average molecular weight is 324 g/mol. The number of hydrogen-bond donors (Lipinski definition) is 2. The molecule has 0 aliphatic carbocycles. The van der Waals surface area contributed by atoms with E-state index in [0.717, 1.165) is 22.2 Å². The smallest absolute Gasteiger partial charge is 0.251 e. The summed E-state index contributed by atoms with van der Waals surface area (Å²) in [6.07, 6.45) is 3.06. The van der Waals surface area contributed by atoms with E-state index in [1.807, 2.05) is 37.3 Å². The molecule has 5 heteroatoms. The quantitative estimate of drug-likeness (QED) is 0.732. The molecule has 1 aromatic carbocycles. The second-order valence-electron chi connectivity index (χ2n) is 5.89. The number of rotatable bonds is 6. The van der Waals surface area contributed by atoms with Gasteiger partial charge < -0.3 is 14.7 Å². The number of benzene rings is 1. The van der Waals surface area contributed by atoms with Crippen LogP contribution in [0.5, 0.6) is 0 Å². The minimum Gasteiger partial charge on any atom is -0.469 e. The first kappa shape index (κ1) is 16.1. The van der Waals surface area contributed by atoms with Crippen LogP contribution in [0.3, 0.4) is 0 Å². The first-order valence-corrected chi connectivity index (χ1v) is 8.03. The molecule has 0 bridgehead atoms. The molecule has 1 amide bonds. The Morgan fingerprint density at radius 3 is 2.88 bits per heavy atom. The normalized spacial score (nSPS) is 10.9. The number of aryl methyl sites for hydroxylation is 2. The van der Waals surface area contributed by atoms with Crippen LogP contribution >= 0.6 is 0 Å². The van der Waals surface area contributed by atoms with E-state index in [-0.39, 0.29) is 11.5 Å². The van der Waals surface area contributed by atoms with E-state index < -0.39 is 0 Å². The zero-order chi connectivity index (χ0) is 16.9. The maximum atomic E-state index is 12.1. The summed E-state index contributed by atoms with van der Waals surface area (Å²) >= 11 is 0. The summed E-state index contributed by atoms with van der Waals surface area (Å²) in [5.41, 5.74) is 2.52. The summed E-state index contributed by atoms with van der Waals surface area (Å²) in [5.74, 6) is 0.755. The van der Waals surface area contributed by atoms with Crippen molar-refractivity contribution in [3.05, 3.63) is 69.9 Å². The average Bonchev–Trinajstić information content (AvgIpc) is 3.07. The molecule has 0 aliphatic heterocycles. The van der Waals surface area contributed by atoms with Gasteiger partial charge in [0.1, 0.15) is 5.76 Å². The number of furan rings is 1. The Hall–Kier alpha value is -2.82. The van der Waals surface area contributed by atoms with E-state index >= 15 is 0 Å². The molecule has 0 saturated heterocycles. The standard InChI is InChI=1S/C19H20N2O3/c1-13-4-5-14-12-15(19(23)21-17(14)11-13)8-9-20-18(22)7-6-16-3-2-10-24-16/h2-5,10-12H,6-9H2,1H3,(H,20,22)(H,21,23). The highest BCUT2D eigenvalue weighted by Gasteiger charge is 2.06. The Bertz CT molecular complexity index is 895. The van der Waals surface area contributed by atoms with E-state index in [2.05, 4.69) is 10.3 Å². The van der Waals surface area contributed by atoms with Gasteiger partial charge in [-0.05, 0) is 48.6 Å². The summed E-state index contributed by atoms with van der Waals surface area (Å²) in [6, 6.07) is 11.5. The van der Waals surface area contributed by atoms with Crippen molar-refractivity contribution in [1.29, 1.82) is 0 Å². The minimum absolute atomic E-state index is 0.0424. The van der Waals surface area contributed by atoms with E-state index in [9.17, 15) is 9.59 Å². The molecule has 24 heavy (non-hydrogen) atoms. The number of nitrogens with one attached hydrogen (secondary N) is 2. The highest BCUT2D eigenvalue weighted by molar-refractivity contribution is 5.79. The fraction of sp³-hybridized carbons (Fsp3) is 0.263. The van der Waals surface area contributed by atoms with Crippen molar-refractivity contribution in [3.63, 3.8) is 0 Å². The monoisotopic (exact) mass is 324 g/mol. The van der Waals surface area contributed by atoms with Gasteiger partial charge in [-0.3, -0.25) is 9.59 Å². The zero-order valence-corrected chi connectivity index (χ0v) is 13.6. The third-order valence-electron chi connectivity index (χ3n) is 3.97. The first-order chi connectivity index (χ1) is 11.6. The van der Waals surface area contributed by atoms with Crippen molar-refractivity contribution in [1.82, 2.24) is 10.3 Å². The van der Waals surface area contributed by atoms with Crippen LogP contribution in [0, 0.1) is 6.92 Å². The number of H-pyrrole nitrogens is 1. The zero-order valence-electron chi connectivity index (χ0n) is 13.6. The summed E-state index contributed by atoms with van der Waals surface area (Å²) < 4.78 is 5.20. The van der Waals surface area contributed by atoms with Gasteiger partial charge in [-0.15, -0.1) is 0 Å². The Morgan fingerprint density at radius 2 is 2.08 bits per heavy atom. The fourth-order valence-electron chi connectivity index (χ4n) is 2.66. The highest BCUT2D eigenvalue weighted by Crippen LogP contribution is 2.13. The lowest BCUT2D eigenvalue weighted by molar-refractivity contribution is -0.121. The topological polar surface area (TPSA) is 75.1 Å². The largest absolute Gasteiger partial charge is 0.469 e. The van der Waals surface area contributed by atoms with Crippen LogP contribution in [-0.2, 0) is 17.6 Å². The third kappa shape index (κ3) is 3.93. The van der Waals surface area contributed by atoms with Gasteiger partial charge in [-0.1, -0.05) is 12.1 Å². The Kier molecular flexibility index (Phi) is 4.79. The van der Waals surface area contributed by atoms with Crippen LogP contribution in [-0.4, -0.2) is 17.4 Å². The molecule has 0 radical (unpaired) electrons. The summed E-state index contributed by atoms with van der Waals surface area (Å²) in [4.78, 5) is 26.8. The number of fused-ring (bicyclic) bond motifs is 1. The Balaban J connectivity index is 1.55. The molecule has 0 saturated carbocycles. The van der Waals surface area contributed by atoms with Crippen molar-refractivity contribution in [2.24, 2.45) is 0 Å². The van der Waals surface area contributed by atoms with Crippen LogP contribution in [0.15, 0.2) is 51.9 Å². The second kappa shape index (κ2) is 7.17. The van der Waals surface area contributed by atoms with Gasteiger partial charge in [0.25, 0.3) is 5.56 Å². The molecular weight excluding hydrogens is 304 g/mol. The van der Waals surface area contributed by atoms with E-state index in [0.29, 0.717) is 31.4 Å². The molecule has 124 valence electrons. The molecule has 0 unspecified atom stereocenters. The lowest BCUT2D eigenvalue weighted by Crippen LogP contribution is -2.27. The SMILES string of the molecule is Cc1ccc2cc(CCNC(=O)CCc3ccco3)c(=O)[nH]c2c1. The number of aromatic amines is 1. The molecule has 0 aliphatic rings. The molecule has 3 rings (SSSR count). The first-order valence-electron chi connectivity index (χ1n) is 8.03. The predicted molar refractivity (Wildman–Crippen MR) is 93.0 cm³/mol. The van der Waals surface area contributed by atoms with E-state index in [1.54, 1.807) is 12.3 Å². The molecule has 0 fully saturated rings. The lowest BCUT2D eigenvalue weighted by atomic mass is 10.1. The van der Waals surface area contributed by atoms with Gasteiger partial charge in [0.2, 0.25) is 5.91 Å². The summed E-state index contributed by atoms with van der Waals surface area (Å²) in [5, 5.41) is 3.84. The van der Waals surface area contributed by atoms with Crippen molar-refractivity contribution >= 4 is 16.8 Å². The number of carbonyl (C=O) groups is 1. The fourth-order valence-corrected chi connectivity index (χ4v) is 2.66. The van der Waals surface area contributed by atoms with Crippen molar-refractivity contribution in [3.8, 4) is 0 Å². The number of hydrogen-bond acceptors (Lipinski definition) is 3. The van der Waals surface area contributed by atoms with E-state index in [4.69, 9.17) is 4.42 Å². The van der Waals surface area contributed by atoms with Gasteiger partial charge in [0, 0.05) is 30.5 Å². The van der Waals surface area contributed by atoms with Crippen molar-refractivity contribution in [2.45, 2.75) is 26.2 Å². The van der Waals surface area contributed by atoms with Gasteiger partial charge in [0.05, 0.1) is 6.26 Å². The summed E-state index contributed by atoms with van der Waals surface area (Å²) in [7, 11) is 0. The number of amides is 1. The van der Waals surface area contributed by atoms with Gasteiger partial charge in [-0.2, -0.15) is 0 Å². The lowest BCUT2D eigenvalue weighted by Gasteiger charge is -2.06. The molecule has 0 spiro atoms. The predicted octanol–water partition coefficient (Wildman–Crippen LogP) is 2.72. The van der Waals surface area contributed by atoms with Crippen molar-refractivity contribution < 1.29 is 9.21 Å². The number of pyridine rings is 1. The number of carbonyl (C=O) groups excluding carboxylic acids is 1. The molecule has 2 N–H and O–H groups in total. The third-order valence-corrected chi connectivity index (χ3v) is 3.97. The van der Waals surface area contributed by atoms with Gasteiger partial charge in [-0.25, -0.2) is 0 Å². The van der Waals surface area contributed by atoms with Crippen molar-refractivity contribution in [2.75, 3.05) is 6.54 Å². The molecule has 2 heterocycles.